The summed E-state index contributed by atoms with van der Waals surface area (Å²) >= 11 is 0. The number of aromatic nitrogens is 1. The fourth-order valence-electron chi connectivity index (χ4n) is 1.91. The van der Waals surface area contributed by atoms with Crippen LogP contribution >= 0.6 is 0 Å². The van der Waals surface area contributed by atoms with E-state index in [1.54, 1.807) is 6.08 Å². The highest BCUT2D eigenvalue weighted by Crippen LogP contribution is 2.21. The number of aliphatic hydroxyl groups is 1. The molecule has 0 bridgehead atoms. The van der Waals surface area contributed by atoms with E-state index in [0.29, 0.717) is 0 Å². The maximum atomic E-state index is 11.4. The second kappa shape index (κ2) is 5.51. The Kier molecular flexibility index (Phi) is 3.79. The standard InChI is InChI=1S/C14H16N2O2/c1-16-10-11(6-7-14(18)15-8-9-17)12-4-2-3-5-13(12)16/h2-7,10,17H,8-9H2,1H3,(H,15,18)/b7-6+. The molecule has 2 rings (SSSR count). The average Bonchev–Trinajstić information content (AvgIpc) is 2.71. The highest BCUT2D eigenvalue weighted by molar-refractivity contribution is 5.96. The van der Waals surface area contributed by atoms with Gasteiger partial charge in [-0.3, -0.25) is 4.79 Å². The molecule has 2 N–H and O–H groups in total. The van der Waals surface area contributed by atoms with Crippen molar-refractivity contribution in [2.24, 2.45) is 7.05 Å². The zero-order valence-electron chi connectivity index (χ0n) is 10.3. The maximum Gasteiger partial charge on any atom is 0.244 e. The van der Waals surface area contributed by atoms with Gasteiger partial charge in [-0.1, -0.05) is 18.2 Å². The van der Waals surface area contributed by atoms with Gasteiger partial charge in [-0.2, -0.15) is 0 Å². The Morgan fingerprint density at radius 1 is 1.44 bits per heavy atom. The van der Waals surface area contributed by atoms with Gasteiger partial charge in [0.1, 0.15) is 0 Å². The Morgan fingerprint density at radius 3 is 3.00 bits per heavy atom. The number of rotatable bonds is 4. The number of nitrogens with zero attached hydrogens (tertiary/aromatic N) is 1. The molecule has 0 aliphatic rings. The SMILES string of the molecule is Cn1cc(/C=C/C(=O)NCCO)c2ccccc21. The Hall–Kier alpha value is -2.07. The van der Waals surface area contributed by atoms with Crippen LogP contribution < -0.4 is 5.32 Å². The molecule has 2 aromatic rings. The van der Waals surface area contributed by atoms with Crippen molar-refractivity contribution in [1.82, 2.24) is 9.88 Å². The molecule has 1 heterocycles. The lowest BCUT2D eigenvalue weighted by molar-refractivity contribution is -0.116. The molecule has 0 aliphatic carbocycles. The summed E-state index contributed by atoms with van der Waals surface area (Å²) in [5.41, 5.74) is 2.14. The zero-order valence-corrected chi connectivity index (χ0v) is 10.3. The van der Waals surface area contributed by atoms with Crippen molar-refractivity contribution in [3.8, 4) is 0 Å². The molecule has 1 aromatic heterocycles. The molecule has 0 unspecified atom stereocenters. The fraction of sp³-hybridized carbons (Fsp3) is 0.214. The molecule has 4 nitrogen and oxygen atoms in total. The van der Waals surface area contributed by atoms with Crippen molar-refractivity contribution in [2.75, 3.05) is 13.2 Å². The Labute approximate surface area is 106 Å². The minimum atomic E-state index is -0.197. The third-order valence-corrected chi connectivity index (χ3v) is 2.75. The summed E-state index contributed by atoms with van der Waals surface area (Å²) in [7, 11) is 1.98. The summed E-state index contributed by atoms with van der Waals surface area (Å²) in [4.78, 5) is 11.4. The van der Waals surface area contributed by atoms with Crippen molar-refractivity contribution in [3.05, 3.63) is 42.1 Å². The minimum absolute atomic E-state index is 0.0478. The molecule has 4 heteroatoms. The van der Waals surface area contributed by atoms with Gasteiger partial charge in [-0.15, -0.1) is 0 Å². The summed E-state index contributed by atoms with van der Waals surface area (Å²) in [5.74, 6) is -0.197. The molecule has 1 aromatic carbocycles. The van der Waals surface area contributed by atoms with Gasteiger partial charge in [0.2, 0.25) is 5.91 Å². The Bertz CT molecular complexity index is 584. The fourth-order valence-corrected chi connectivity index (χ4v) is 1.91. The molecule has 0 radical (unpaired) electrons. The van der Waals surface area contributed by atoms with E-state index in [4.69, 9.17) is 5.11 Å². The number of hydrogen-bond acceptors (Lipinski definition) is 2. The minimum Gasteiger partial charge on any atom is -0.395 e. The van der Waals surface area contributed by atoms with Crippen molar-refractivity contribution < 1.29 is 9.90 Å². The molecular weight excluding hydrogens is 228 g/mol. The van der Waals surface area contributed by atoms with E-state index in [1.807, 2.05) is 42.1 Å². The van der Waals surface area contributed by atoms with Crippen LogP contribution in [0.25, 0.3) is 17.0 Å². The van der Waals surface area contributed by atoms with Crippen molar-refractivity contribution in [2.45, 2.75) is 0 Å². The lowest BCUT2D eigenvalue weighted by atomic mass is 10.1. The van der Waals surface area contributed by atoms with Gasteiger partial charge in [0.15, 0.2) is 0 Å². The van der Waals surface area contributed by atoms with Crippen molar-refractivity contribution in [3.63, 3.8) is 0 Å². The number of fused-ring (bicyclic) bond motifs is 1. The Morgan fingerprint density at radius 2 is 2.22 bits per heavy atom. The Balaban J connectivity index is 2.22. The van der Waals surface area contributed by atoms with Crippen LogP contribution in [0.4, 0.5) is 0 Å². The van der Waals surface area contributed by atoms with Crippen molar-refractivity contribution >= 4 is 22.9 Å². The van der Waals surface area contributed by atoms with E-state index in [1.165, 1.54) is 6.08 Å². The lowest BCUT2D eigenvalue weighted by Gasteiger charge is -1.96. The van der Waals surface area contributed by atoms with E-state index in [2.05, 4.69) is 5.32 Å². The molecule has 0 aliphatic heterocycles. The first-order valence-electron chi connectivity index (χ1n) is 5.83. The normalized spacial score (nSPS) is 11.2. The van der Waals surface area contributed by atoms with Crippen LogP contribution in [0.1, 0.15) is 5.56 Å². The number of amides is 1. The number of carbonyl (C=O) groups is 1. The van der Waals surface area contributed by atoms with E-state index in [0.717, 1.165) is 16.5 Å². The van der Waals surface area contributed by atoms with Crippen LogP contribution in [0.2, 0.25) is 0 Å². The predicted molar refractivity (Wildman–Crippen MR) is 72.0 cm³/mol. The van der Waals surface area contributed by atoms with Crippen LogP contribution in [0.3, 0.4) is 0 Å². The van der Waals surface area contributed by atoms with E-state index in [-0.39, 0.29) is 19.1 Å². The van der Waals surface area contributed by atoms with Gasteiger partial charge < -0.3 is 15.0 Å². The van der Waals surface area contributed by atoms with Crippen LogP contribution in [0, 0.1) is 0 Å². The van der Waals surface area contributed by atoms with E-state index < -0.39 is 0 Å². The quantitative estimate of drug-likeness (QED) is 0.796. The summed E-state index contributed by atoms with van der Waals surface area (Å²) in [6.45, 7) is 0.229. The lowest BCUT2D eigenvalue weighted by Crippen LogP contribution is -2.24. The number of hydrogen-bond donors (Lipinski definition) is 2. The molecule has 0 saturated carbocycles. The topological polar surface area (TPSA) is 54.3 Å². The van der Waals surface area contributed by atoms with E-state index in [9.17, 15) is 4.79 Å². The van der Waals surface area contributed by atoms with Gasteiger partial charge >= 0.3 is 0 Å². The molecule has 0 spiro atoms. The van der Waals surface area contributed by atoms with Gasteiger partial charge in [-0.05, 0) is 12.1 Å². The number of para-hydroxylation sites is 1. The second-order valence-electron chi connectivity index (χ2n) is 4.06. The monoisotopic (exact) mass is 244 g/mol. The van der Waals surface area contributed by atoms with Crippen LogP contribution in [0.5, 0.6) is 0 Å². The molecule has 94 valence electrons. The van der Waals surface area contributed by atoms with Crippen LogP contribution in [0.15, 0.2) is 36.5 Å². The highest BCUT2D eigenvalue weighted by atomic mass is 16.3. The van der Waals surface area contributed by atoms with Gasteiger partial charge in [0, 0.05) is 42.3 Å². The second-order valence-corrected chi connectivity index (χ2v) is 4.06. The predicted octanol–water partition coefficient (Wildman–Crippen LogP) is 1.30. The number of carbonyl (C=O) groups excluding carboxylic acids is 1. The summed E-state index contributed by atoms with van der Waals surface area (Å²) in [5, 5.41) is 12.3. The molecule has 0 atom stereocenters. The van der Waals surface area contributed by atoms with Crippen LogP contribution in [-0.4, -0.2) is 28.7 Å². The van der Waals surface area contributed by atoms with Crippen molar-refractivity contribution in [1.29, 1.82) is 0 Å². The summed E-state index contributed by atoms with van der Waals surface area (Å²) in [6.07, 6.45) is 5.26. The summed E-state index contributed by atoms with van der Waals surface area (Å²) in [6, 6.07) is 8.04. The molecule has 18 heavy (non-hydrogen) atoms. The van der Waals surface area contributed by atoms with Crippen LogP contribution in [-0.2, 0) is 11.8 Å². The largest absolute Gasteiger partial charge is 0.395 e. The molecule has 0 saturated heterocycles. The zero-order chi connectivity index (χ0) is 13.0. The first-order valence-corrected chi connectivity index (χ1v) is 5.83. The third-order valence-electron chi connectivity index (χ3n) is 2.75. The summed E-state index contributed by atoms with van der Waals surface area (Å²) < 4.78 is 2.03. The van der Waals surface area contributed by atoms with Gasteiger partial charge in [-0.25, -0.2) is 0 Å². The molecular formula is C14H16N2O2. The molecule has 1 amide bonds. The number of aryl methyl sites for hydroxylation is 1. The highest BCUT2D eigenvalue weighted by Gasteiger charge is 2.03. The third kappa shape index (κ3) is 2.60. The number of benzene rings is 1. The van der Waals surface area contributed by atoms with Gasteiger partial charge in [0.25, 0.3) is 0 Å². The van der Waals surface area contributed by atoms with Gasteiger partial charge in [0.05, 0.1) is 6.61 Å². The number of aliphatic hydroxyl groups excluding tert-OH is 1. The average molecular weight is 244 g/mol. The number of nitrogens with one attached hydrogen (secondary N) is 1. The van der Waals surface area contributed by atoms with E-state index >= 15 is 0 Å². The first-order chi connectivity index (χ1) is 8.72. The first kappa shape index (κ1) is 12.4. The maximum absolute atomic E-state index is 11.4. The smallest absolute Gasteiger partial charge is 0.244 e. The molecule has 0 fully saturated rings.